The summed E-state index contributed by atoms with van der Waals surface area (Å²) in [4.78, 5) is 35.1. The first kappa shape index (κ1) is 24.2. The van der Waals surface area contributed by atoms with Gasteiger partial charge in [0.2, 0.25) is 4.93 Å². The topological polar surface area (TPSA) is 99.1 Å². The van der Waals surface area contributed by atoms with Gasteiger partial charge in [-0.3, -0.25) is 9.59 Å². The highest BCUT2D eigenvalue weighted by molar-refractivity contribution is 8.01. The van der Waals surface area contributed by atoms with Crippen molar-refractivity contribution in [2.75, 3.05) is 0 Å². The third-order valence-electron chi connectivity index (χ3n) is 5.40. The Morgan fingerprint density at radius 3 is 2.27 bits per heavy atom. The number of carboxylic acid groups (broad SMARTS) is 1. The highest BCUT2D eigenvalue weighted by Gasteiger charge is 2.54. The molecule has 1 aromatic carbocycles. The molecule has 1 heterocycles. The zero-order chi connectivity index (χ0) is 22.5. The lowest BCUT2D eigenvalue weighted by atomic mass is 9.80. The number of aliphatic carboxylic acids is 1. The van der Waals surface area contributed by atoms with Gasteiger partial charge in [-0.2, -0.15) is 0 Å². The molecule has 0 aliphatic carbocycles. The van der Waals surface area contributed by atoms with Gasteiger partial charge in [-0.15, -0.1) is 0 Å². The maximum Gasteiger partial charge on any atom is 0.347 e. The number of carbonyl (C=O) groups is 3. The second-order valence-corrected chi connectivity index (χ2v) is 9.06. The monoisotopic (exact) mass is 438 g/mol. The van der Waals surface area contributed by atoms with Crippen LogP contribution in [0.2, 0.25) is 0 Å². The van der Waals surface area contributed by atoms with E-state index in [1.54, 1.807) is 0 Å². The van der Waals surface area contributed by atoms with Crippen LogP contribution in [0.5, 0.6) is 0 Å². The van der Waals surface area contributed by atoms with Gasteiger partial charge in [-0.05, 0) is 30.4 Å². The number of hydrogen-bond donors (Lipinski definition) is 1. The molecule has 1 aromatic rings. The number of benzene rings is 1. The molecule has 1 saturated heterocycles. The van der Waals surface area contributed by atoms with E-state index in [1.807, 2.05) is 51.1 Å². The van der Waals surface area contributed by atoms with Crippen LogP contribution in [0.15, 0.2) is 35.2 Å². The average Bonchev–Trinajstić information content (AvgIpc) is 2.67. The van der Waals surface area contributed by atoms with E-state index in [-0.39, 0.29) is 18.3 Å². The van der Waals surface area contributed by atoms with Gasteiger partial charge in [-0.1, -0.05) is 50.7 Å². The Balaban J connectivity index is 2.44. The van der Waals surface area contributed by atoms with Crippen molar-refractivity contribution in [1.29, 1.82) is 0 Å². The molecule has 7 nitrogen and oxygen atoms in total. The van der Waals surface area contributed by atoms with E-state index in [1.165, 1.54) is 13.8 Å². The second-order valence-electron chi connectivity index (χ2n) is 7.73. The number of carboxylic acids is 1. The molecule has 0 aromatic heterocycles. The Bertz CT molecular complexity index is 753. The Morgan fingerprint density at radius 2 is 1.77 bits per heavy atom. The van der Waals surface area contributed by atoms with E-state index >= 15 is 0 Å². The zero-order valence-corrected chi connectivity index (χ0v) is 18.8. The summed E-state index contributed by atoms with van der Waals surface area (Å²) in [5, 5.41) is 10.1. The highest BCUT2D eigenvalue weighted by atomic mass is 32.2. The maximum absolute atomic E-state index is 12.4. The molecule has 0 spiro atoms. The SMILES string of the molecule is CC[C@@H](OC(C)=O)[C@@H](OC(C)=O)C1O[C@@](Sc2ccccc2)(C(=O)O)C[C@@H](C)[C@H]1C. The van der Waals surface area contributed by atoms with Crippen molar-refractivity contribution < 1.29 is 33.7 Å². The molecule has 1 fully saturated rings. The number of carbonyl (C=O) groups excluding carboxylic acids is 2. The fraction of sp³-hybridized carbons (Fsp3) is 0.591. The van der Waals surface area contributed by atoms with Gasteiger partial charge in [0.05, 0.1) is 0 Å². The Hall–Kier alpha value is -2.06. The molecule has 2 rings (SSSR count). The summed E-state index contributed by atoms with van der Waals surface area (Å²) in [6.45, 7) is 8.26. The molecule has 8 heteroatoms. The molecular weight excluding hydrogens is 408 g/mol. The molecule has 0 saturated carbocycles. The smallest absolute Gasteiger partial charge is 0.347 e. The Labute approximate surface area is 181 Å². The summed E-state index contributed by atoms with van der Waals surface area (Å²) in [7, 11) is 0. The van der Waals surface area contributed by atoms with E-state index in [9.17, 15) is 19.5 Å². The molecule has 1 aliphatic heterocycles. The molecule has 0 amide bonds. The van der Waals surface area contributed by atoms with Gasteiger partial charge in [0, 0.05) is 25.2 Å². The lowest BCUT2D eigenvalue weighted by Gasteiger charge is -2.47. The van der Waals surface area contributed by atoms with Crippen LogP contribution < -0.4 is 0 Å². The molecule has 0 radical (unpaired) electrons. The Morgan fingerprint density at radius 1 is 1.17 bits per heavy atom. The van der Waals surface area contributed by atoms with Crippen LogP contribution >= 0.6 is 11.8 Å². The molecule has 6 atom stereocenters. The lowest BCUT2D eigenvalue weighted by Crippen LogP contribution is -2.57. The van der Waals surface area contributed by atoms with Gasteiger partial charge in [0.25, 0.3) is 0 Å². The molecule has 166 valence electrons. The van der Waals surface area contributed by atoms with Crippen LogP contribution in [-0.4, -0.2) is 46.3 Å². The van der Waals surface area contributed by atoms with Gasteiger partial charge < -0.3 is 19.3 Å². The number of thioether (sulfide) groups is 1. The van der Waals surface area contributed by atoms with Crippen molar-refractivity contribution in [3.63, 3.8) is 0 Å². The van der Waals surface area contributed by atoms with Crippen molar-refractivity contribution in [1.82, 2.24) is 0 Å². The first-order valence-corrected chi connectivity index (χ1v) is 10.9. The lowest BCUT2D eigenvalue weighted by molar-refractivity contribution is -0.214. The van der Waals surface area contributed by atoms with E-state index in [0.29, 0.717) is 6.42 Å². The third kappa shape index (κ3) is 5.76. The van der Waals surface area contributed by atoms with Crippen molar-refractivity contribution >= 4 is 29.7 Å². The summed E-state index contributed by atoms with van der Waals surface area (Å²) >= 11 is 1.13. The van der Waals surface area contributed by atoms with Crippen LogP contribution in [0.1, 0.15) is 47.5 Å². The molecular formula is C22H30O7S. The molecule has 1 unspecified atom stereocenters. The minimum atomic E-state index is -1.55. The summed E-state index contributed by atoms with van der Waals surface area (Å²) in [5.41, 5.74) is 0. The quantitative estimate of drug-likeness (QED) is 0.610. The highest BCUT2D eigenvalue weighted by Crippen LogP contribution is 2.48. The first-order chi connectivity index (χ1) is 14.1. The van der Waals surface area contributed by atoms with Gasteiger partial charge in [0.1, 0.15) is 12.2 Å². The fourth-order valence-electron chi connectivity index (χ4n) is 3.74. The van der Waals surface area contributed by atoms with Crippen molar-refractivity contribution in [2.45, 2.75) is 75.6 Å². The van der Waals surface area contributed by atoms with E-state index in [2.05, 4.69) is 0 Å². The maximum atomic E-state index is 12.4. The van der Waals surface area contributed by atoms with E-state index in [4.69, 9.17) is 14.2 Å². The average molecular weight is 439 g/mol. The van der Waals surface area contributed by atoms with Crippen molar-refractivity contribution in [3.8, 4) is 0 Å². The summed E-state index contributed by atoms with van der Waals surface area (Å²) in [5.74, 6) is -2.30. The number of rotatable bonds is 8. The number of hydrogen-bond acceptors (Lipinski definition) is 7. The number of ether oxygens (including phenoxy) is 3. The predicted molar refractivity (Wildman–Crippen MR) is 112 cm³/mol. The van der Waals surface area contributed by atoms with Gasteiger partial charge in [0.15, 0.2) is 6.10 Å². The second kappa shape index (κ2) is 10.3. The molecule has 1 N–H and O–H groups in total. The van der Waals surface area contributed by atoms with Crippen LogP contribution in [0, 0.1) is 11.8 Å². The van der Waals surface area contributed by atoms with E-state index < -0.39 is 41.2 Å². The summed E-state index contributed by atoms with van der Waals surface area (Å²) < 4.78 is 17.2. The minimum Gasteiger partial charge on any atom is -0.478 e. The third-order valence-corrected chi connectivity index (χ3v) is 6.67. The molecule has 30 heavy (non-hydrogen) atoms. The fourth-order valence-corrected chi connectivity index (χ4v) is 5.01. The van der Waals surface area contributed by atoms with Crippen LogP contribution in [0.4, 0.5) is 0 Å². The Kier molecular flexibility index (Phi) is 8.32. The van der Waals surface area contributed by atoms with Gasteiger partial charge in [-0.25, -0.2) is 4.79 Å². The zero-order valence-electron chi connectivity index (χ0n) is 18.0. The summed E-state index contributed by atoms with van der Waals surface area (Å²) in [6, 6.07) is 9.18. The standard InChI is InChI=1S/C22H30O7S/c1-6-18(27-15(4)23)20(28-16(5)24)19-14(3)13(2)12-22(29-19,21(25)26)30-17-10-8-7-9-11-17/h7-11,13-14,18-20H,6,12H2,1-5H3,(H,25,26)/t13-,14-,18-,19?,20-,22+/m1/s1. The van der Waals surface area contributed by atoms with Crippen molar-refractivity contribution in [3.05, 3.63) is 30.3 Å². The predicted octanol–water partition coefficient (Wildman–Crippen LogP) is 3.89. The largest absolute Gasteiger partial charge is 0.478 e. The van der Waals surface area contributed by atoms with E-state index in [0.717, 1.165) is 16.7 Å². The van der Waals surface area contributed by atoms with Crippen LogP contribution in [0.25, 0.3) is 0 Å². The first-order valence-electron chi connectivity index (χ1n) is 10.1. The van der Waals surface area contributed by atoms with Crippen LogP contribution in [0.3, 0.4) is 0 Å². The molecule has 0 bridgehead atoms. The minimum absolute atomic E-state index is 0.0380. The normalized spacial score (nSPS) is 28.2. The van der Waals surface area contributed by atoms with Crippen LogP contribution in [-0.2, 0) is 28.6 Å². The molecule has 1 aliphatic rings. The van der Waals surface area contributed by atoms with Crippen molar-refractivity contribution in [2.24, 2.45) is 11.8 Å². The van der Waals surface area contributed by atoms with Gasteiger partial charge >= 0.3 is 17.9 Å². The summed E-state index contributed by atoms with van der Waals surface area (Å²) in [6.07, 6.45) is -1.72. The number of esters is 2.